The molecule has 1 aromatic rings. The summed E-state index contributed by atoms with van der Waals surface area (Å²) in [5, 5.41) is 44.1. The minimum atomic E-state index is -2.57. The second kappa shape index (κ2) is 7.45. The van der Waals surface area contributed by atoms with Gasteiger partial charge in [0.25, 0.3) is 5.91 Å². The zero-order valence-corrected chi connectivity index (χ0v) is 19.0. The van der Waals surface area contributed by atoms with Gasteiger partial charge in [-0.25, -0.2) is 0 Å². The average Bonchev–Trinajstić information content (AvgIpc) is 2.70. The number of aliphatic hydroxyl groups is 3. The highest BCUT2D eigenvalue weighted by atomic mass is 16.3. The maximum atomic E-state index is 13.5. The summed E-state index contributed by atoms with van der Waals surface area (Å²) in [6.07, 6.45) is 0.445. The molecule has 6 N–H and O–H groups in total. The molecule has 0 heterocycles. The normalized spacial score (nSPS) is 29.4. The van der Waals surface area contributed by atoms with Gasteiger partial charge in [0.15, 0.2) is 11.4 Å². The molecule has 33 heavy (non-hydrogen) atoms. The number of phenols is 1. The van der Waals surface area contributed by atoms with Gasteiger partial charge in [-0.3, -0.25) is 14.4 Å². The van der Waals surface area contributed by atoms with Crippen LogP contribution in [-0.4, -0.2) is 43.5 Å². The first-order valence-electron chi connectivity index (χ1n) is 11.2. The number of ketones is 2. The number of aromatic hydroxyl groups is 1. The molecule has 0 saturated heterocycles. The number of fused-ring (bicyclic) bond motifs is 3. The van der Waals surface area contributed by atoms with E-state index in [0.29, 0.717) is 12.0 Å². The Hall–Kier alpha value is -3.13. The molecule has 3 aliphatic carbocycles. The zero-order valence-electron chi connectivity index (χ0n) is 19.0. The van der Waals surface area contributed by atoms with Crippen LogP contribution in [0, 0.1) is 23.7 Å². The third-order valence-corrected chi connectivity index (χ3v) is 7.51. The quantitative estimate of drug-likeness (QED) is 0.438. The number of rotatable bonds is 3. The van der Waals surface area contributed by atoms with Crippen LogP contribution in [0.3, 0.4) is 0 Å². The number of phenolic OH excluding ortho intramolecular Hbond substituents is 1. The largest absolute Gasteiger partial charge is 0.511 e. The summed E-state index contributed by atoms with van der Waals surface area (Å²) in [6.45, 7) is 7.48. The summed E-state index contributed by atoms with van der Waals surface area (Å²) in [5.41, 5.74) is 3.50. The predicted octanol–water partition coefficient (Wildman–Crippen LogP) is 2.59. The predicted molar refractivity (Wildman–Crippen MR) is 119 cm³/mol. The van der Waals surface area contributed by atoms with Crippen molar-refractivity contribution < 1.29 is 34.8 Å². The minimum Gasteiger partial charge on any atom is -0.511 e. The van der Waals surface area contributed by atoms with Crippen LogP contribution in [0.25, 0.3) is 0 Å². The van der Waals surface area contributed by atoms with Crippen LogP contribution in [0.4, 0.5) is 0 Å². The van der Waals surface area contributed by atoms with Gasteiger partial charge in [-0.15, -0.1) is 0 Å². The molecule has 1 amide bonds. The van der Waals surface area contributed by atoms with Crippen molar-refractivity contribution in [2.45, 2.75) is 52.1 Å². The molecule has 8 nitrogen and oxygen atoms in total. The lowest BCUT2D eigenvalue weighted by atomic mass is 9.55. The summed E-state index contributed by atoms with van der Waals surface area (Å²) in [5.74, 6) is -7.18. The highest BCUT2D eigenvalue weighted by Crippen LogP contribution is 2.55. The van der Waals surface area contributed by atoms with Crippen LogP contribution in [0.1, 0.15) is 61.5 Å². The van der Waals surface area contributed by atoms with Gasteiger partial charge >= 0.3 is 0 Å². The minimum absolute atomic E-state index is 0.0539. The van der Waals surface area contributed by atoms with Crippen LogP contribution in [0.5, 0.6) is 5.75 Å². The van der Waals surface area contributed by atoms with Crippen molar-refractivity contribution in [1.82, 2.24) is 0 Å². The Kier molecular flexibility index (Phi) is 5.20. The number of nitrogens with two attached hydrogens (primary N) is 1. The van der Waals surface area contributed by atoms with E-state index in [0.717, 1.165) is 5.56 Å². The molecule has 3 aliphatic rings. The van der Waals surface area contributed by atoms with Crippen LogP contribution in [0.15, 0.2) is 34.8 Å². The molecule has 0 fully saturated rings. The van der Waals surface area contributed by atoms with Gasteiger partial charge in [-0.05, 0) is 47.8 Å². The molecule has 0 bridgehead atoms. The molecule has 0 aromatic heterocycles. The van der Waals surface area contributed by atoms with Crippen LogP contribution in [0.2, 0.25) is 0 Å². The van der Waals surface area contributed by atoms with Crippen LogP contribution >= 0.6 is 0 Å². The first-order valence-corrected chi connectivity index (χ1v) is 11.2. The number of hydrogen-bond donors (Lipinski definition) is 5. The second-order valence-corrected chi connectivity index (χ2v) is 10.0. The first kappa shape index (κ1) is 23.0. The Labute approximate surface area is 191 Å². The van der Waals surface area contributed by atoms with E-state index in [1.165, 1.54) is 6.07 Å². The van der Waals surface area contributed by atoms with Gasteiger partial charge in [-0.1, -0.05) is 33.8 Å². The number of Topliss-reactive ketones (excluding diaryl/α,β-unsaturated/α-hetero) is 2. The summed E-state index contributed by atoms with van der Waals surface area (Å²) in [7, 11) is 0. The van der Waals surface area contributed by atoms with Gasteiger partial charge in [0, 0.05) is 17.4 Å². The van der Waals surface area contributed by atoms with E-state index in [-0.39, 0.29) is 35.1 Å². The van der Waals surface area contributed by atoms with Crippen molar-refractivity contribution in [2.24, 2.45) is 29.4 Å². The Bertz CT molecular complexity index is 1160. The lowest BCUT2D eigenvalue weighted by Crippen LogP contribution is -2.60. The molecule has 4 atom stereocenters. The lowest BCUT2D eigenvalue weighted by molar-refractivity contribution is -0.149. The number of hydrogen-bond acceptors (Lipinski definition) is 7. The standard InChI is InChI=1S/C25H29NO7/c1-9(2)12-5-6-15(27)18-13(12)7-11-8-14-16(10(3)4)20(28)19(24(26)32)23(31)25(14,33)22(30)17(11)21(18)29/h5-6,9-11,14,16,27-28,30,33H,7-8H2,1-4H3,(H2,26,32)/t11?,14-,16+,25-/m0/s1. The molecule has 0 saturated carbocycles. The number of amides is 1. The topological polar surface area (TPSA) is 158 Å². The summed E-state index contributed by atoms with van der Waals surface area (Å²) < 4.78 is 0. The van der Waals surface area contributed by atoms with Crippen LogP contribution < -0.4 is 5.73 Å². The van der Waals surface area contributed by atoms with E-state index in [1.807, 2.05) is 13.8 Å². The number of allylic oxidation sites excluding steroid dienone is 2. The number of benzene rings is 1. The Morgan fingerprint density at radius 3 is 2.30 bits per heavy atom. The fourth-order valence-corrected chi connectivity index (χ4v) is 6.06. The second-order valence-electron chi connectivity index (χ2n) is 10.0. The number of primary amides is 1. The van der Waals surface area contributed by atoms with E-state index < -0.39 is 57.9 Å². The number of carbonyl (C=O) groups is 3. The summed E-state index contributed by atoms with van der Waals surface area (Å²) >= 11 is 0. The van der Waals surface area contributed by atoms with E-state index in [1.54, 1.807) is 19.9 Å². The van der Waals surface area contributed by atoms with Crippen molar-refractivity contribution in [3.05, 3.63) is 51.5 Å². The third-order valence-electron chi connectivity index (χ3n) is 7.51. The monoisotopic (exact) mass is 455 g/mol. The molecule has 0 radical (unpaired) electrons. The molecule has 0 aliphatic heterocycles. The Morgan fingerprint density at radius 1 is 1.12 bits per heavy atom. The zero-order chi connectivity index (χ0) is 24.6. The molecule has 1 unspecified atom stereocenters. The Balaban J connectivity index is 1.98. The van der Waals surface area contributed by atoms with Crippen molar-refractivity contribution in [3.63, 3.8) is 0 Å². The fourth-order valence-electron chi connectivity index (χ4n) is 6.06. The van der Waals surface area contributed by atoms with E-state index in [9.17, 15) is 34.8 Å². The SMILES string of the molecule is CC(C)c1ccc(O)c2c1CC1C[C@H]3[C@@H](C(C)C)C(O)=C(C(N)=O)C(=O)[C@@]3(O)C(O)=C1C2=O. The molecule has 8 heteroatoms. The van der Waals surface area contributed by atoms with E-state index >= 15 is 0 Å². The molecular formula is C25H29NO7. The van der Waals surface area contributed by atoms with E-state index in [2.05, 4.69) is 0 Å². The molecule has 4 rings (SSSR count). The number of aliphatic hydroxyl groups excluding tert-OH is 2. The van der Waals surface area contributed by atoms with Crippen molar-refractivity contribution in [3.8, 4) is 5.75 Å². The highest BCUT2D eigenvalue weighted by Gasteiger charge is 2.63. The Morgan fingerprint density at radius 2 is 1.76 bits per heavy atom. The summed E-state index contributed by atoms with van der Waals surface area (Å²) in [6, 6.07) is 3.20. The lowest BCUT2D eigenvalue weighted by Gasteiger charge is -2.49. The van der Waals surface area contributed by atoms with E-state index in [4.69, 9.17) is 5.73 Å². The number of carbonyl (C=O) groups excluding carboxylic acids is 3. The fraction of sp³-hybridized carbons (Fsp3) is 0.480. The summed E-state index contributed by atoms with van der Waals surface area (Å²) in [4.78, 5) is 38.7. The average molecular weight is 456 g/mol. The molecule has 0 spiro atoms. The van der Waals surface area contributed by atoms with Crippen molar-refractivity contribution in [1.29, 1.82) is 0 Å². The maximum absolute atomic E-state index is 13.5. The molecular weight excluding hydrogens is 426 g/mol. The smallest absolute Gasteiger partial charge is 0.255 e. The van der Waals surface area contributed by atoms with Crippen LogP contribution in [-0.2, 0) is 16.0 Å². The van der Waals surface area contributed by atoms with Gasteiger partial charge in [0.1, 0.15) is 22.8 Å². The molecule has 1 aromatic carbocycles. The van der Waals surface area contributed by atoms with Gasteiger partial charge in [0.2, 0.25) is 5.78 Å². The van der Waals surface area contributed by atoms with Gasteiger partial charge in [0.05, 0.1) is 5.56 Å². The third kappa shape index (κ3) is 2.96. The molecule has 176 valence electrons. The maximum Gasteiger partial charge on any atom is 0.255 e. The van der Waals surface area contributed by atoms with Gasteiger partial charge in [-0.2, -0.15) is 0 Å². The van der Waals surface area contributed by atoms with Gasteiger partial charge < -0.3 is 26.2 Å². The first-order chi connectivity index (χ1) is 15.3. The van der Waals surface area contributed by atoms with Crippen molar-refractivity contribution >= 4 is 17.5 Å². The van der Waals surface area contributed by atoms with Crippen molar-refractivity contribution in [2.75, 3.05) is 0 Å². The highest BCUT2D eigenvalue weighted by molar-refractivity contribution is 6.24.